The number of aromatic nitrogens is 2. The molecule has 1 aliphatic heterocycles. The first kappa shape index (κ1) is 10.0. The molecule has 0 bridgehead atoms. The van der Waals surface area contributed by atoms with Gasteiger partial charge in [0.1, 0.15) is 5.82 Å². The van der Waals surface area contributed by atoms with Crippen molar-refractivity contribution in [1.82, 2.24) is 10.2 Å². The Morgan fingerprint density at radius 1 is 1.24 bits per heavy atom. The number of hydrogen-bond donors (Lipinski definition) is 2. The lowest BCUT2D eigenvalue weighted by atomic mass is 9.99. The minimum absolute atomic E-state index is 0.282. The van der Waals surface area contributed by atoms with Crippen molar-refractivity contribution in [2.45, 2.75) is 13.8 Å². The standard InChI is InChI=1S/C12H13N3O2/c1-6-7(2)12-10(16-5-17-12)3-8(6)9-4-11(13)15-14-9/h3-4H,5H2,1-2H3,(H3,13,14,15). The predicted octanol–water partition coefficient (Wildman–Crippen LogP) is 2.00. The average molecular weight is 231 g/mol. The van der Waals surface area contributed by atoms with Crippen LogP contribution in [0.15, 0.2) is 12.1 Å². The molecule has 0 unspecified atom stereocenters. The van der Waals surface area contributed by atoms with Crippen molar-refractivity contribution in [1.29, 1.82) is 0 Å². The van der Waals surface area contributed by atoms with Crippen LogP contribution in [-0.4, -0.2) is 17.0 Å². The number of nitrogen functional groups attached to an aromatic ring is 1. The van der Waals surface area contributed by atoms with E-state index in [1.165, 1.54) is 0 Å². The number of ether oxygens (including phenoxy) is 2. The third kappa shape index (κ3) is 1.43. The molecule has 0 radical (unpaired) electrons. The van der Waals surface area contributed by atoms with Gasteiger partial charge >= 0.3 is 0 Å². The fourth-order valence-corrected chi connectivity index (χ4v) is 2.06. The van der Waals surface area contributed by atoms with Crippen LogP contribution in [0.3, 0.4) is 0 Å². The highest BCUT2D eigenvalue weighted by molar-refractivity contribution is 5.72. The second-order valence-electron chi connectivity index (χ2n) is 4.11. The Morgan fingerprint density at radius 3 is 2.76 bits per heavy atom. The van der Waals surface area contributed by atoms with Gasteiger partial charge in [0.05, 0.1) is 5.69 Å². The van der Waals surface area contributed by atoms with Gasteiger partial charge in [-0.15, -0.1) is 0 Å². The highest BCUT2D eigenvalue weighted by Crippen LogP contribution is 2.41. The molecule has 2 heterocycles. The predicted molar refractivity (Wildman–Crippen MR) is 64.0 cm³/mol. The summed E-state index contributed by atoms with van der Waals surface area (Å²) < 4.78 is 10.8. The Kier molecular flexibility index (Phi) is 2.01. The Hall–Kier alpha value is -2.17. The van der Waals surface area contributed by atoms with Gasteiger partial charge in [0, 0.05) is 11.6 Å². The Labute approximate surface area is 98.5 Å². The van der Waals surface area contributed by atoms with E-state index in [1.54, 1.807) is 0 Å². The molecule has 3 rings (SSSR count). The van der Waals surface area contributed by atoms with E-state index in [4.69, 9.17) is 15.2 Å². The zero-order valence-electron chi connectivity index (χ0n) is 9.70. The SMILES string of the molecule is Cc1c(-c2cc(N)n[nH]2)cc2c(c1C)OCO2. The summed E-state index contributed by atoms with van der Waals surface area (Å²) in [7, 11) is 0. The minimum atomic E-state index is 0.282. The van der Waals surface area contributed by atoms with Crippen LogP contribution in [0.5, 0.6) is 11.5 Å². The molecule has 0 amide bonds. The molecule has 0 saturated carbocycles. The monoisotopic (exact) mass is 231 g/mol. The molecular formula is C12H13N3O2. The van der Waals surface area contributed by atoms with E-state index in [2.05, 4.69) is 10.2 Å². The van der Waals surface area contributed by atoms with Crippen LogP contribution < -0.4 is 15.2 Å². The molecular weight excluding hydrogens is 218 g/mol. The smallest absolute Gasteiger partial charge is 0.231 e. The maximum atomic E-state index is 5.62. The summed E-state index contributed by atoms with van der Waals surface area (Å²) in [6.45, 7) is 4.35. The van der Waals surface area contributed by atoms with Crippen molar-refractivity contribution in [3.63, 3.8) is 0 Å². The molecule has 3 N–H and O–H groups in total. The maximum Gasteiger partial charge on any atom is 0.231 e. The third-order valence-corrected chi connectivity index (χ3v) is 3.11. The fourth-order valence-electron chi connectivity index (χ4n) is 2.06. The van der Waals surface area contributed by atoms with Gasteiger partial charge in [0.15, 0.2) is 11.5 Å². The van der Waals surface area contributed by atoms with Gasteiger partial charge in [-0.25, -0.2) is 0 Å². The number of benzene rings is 1. The molecule has 0 fully saturated rings. The number of hydrogen-bond acceptors (Lipinski definition) is 4. The van der Waals surface area contributed by atoms with Crippen LogP contribution >= 0.6 is 0 Å². The summed E-state index contributed by atoms with van der Waals surface area (Å²) in [4.78, 5) is 0. The fraction of sp³-hybridized carbons (Fsp3) is 0.250. The number of anilines is 1. The van der Waals surface area contributed by atoms with E-state index in [1.807, 2.05) is 26.0 Å². The van der Waals surface area contributed by atoms with Gasteiger partial charge < -0.3 is 15.2 Å². The molecule has 5 heteroatoms. The summed E-state index contributed by atoms with van der Waals surface area (Å²) in [6, 6.07) is 3.77. The van der Waals surface area contributed by atoms with Crippen LogP contribution in [0.4, 0.5) is 5.82 Å². The van der Waals surface area contributed by atoms with Gasteiger partial charge in [0.2, 0.25) is 6.79 Å². The summed E-state index contributed by atoms with van der Waals surface area (Å²) >= 11 is 0. The number of aromatic amines is 1. The molecule has 1 aliphatic rings. The number of nitrogens with two attached hydrogens (primary N) is 1. The molecule has 1 aromatic heterocycles. The van der Waals surface area contributed by atoms with Gasteiger partial charge in [-0.05, 0) is 31.0 Å². The summed E-state index contributed by atoms with van der Waals surface area (Å²) in [5.41, 5.74) is 9.77. The minimum Gasteiger partial charge on any atom is -0.454 e. The number of nitrogens with one attached hydrogen (secondary N) is 1. The lowest BCUT2D eigenvalue weighted by Crippen LogP contribution is -1.93. The lowest BCUT2D eigenvalue weighted by Gasteiger charge is -2.09. The van der Waals surface area contributed by atoms with E-state index in [-0.39, 0.29) is 6.79 Å². The molecule has 88 valence electrons. The van der Waals surface area contributed by atoms with Crippen LogP contribution in [-0.2, 0) is 0 Å². The van der Waals surface area contributed by atoms with Crippen LogP contribution in [0.25, 0.3) is 11.3 Å². The summed E-state index contributed by atoms with van der Waals surface area (Å²) in [5, 5.41) is 6.85. The average Bonchev–Trinajstić information content (AvgIpc) is 2.91. The molecule has 17 heavy (non-hydrogen) atoms. The molecule has 0 spiro atoms. The third-order valence-electron chi connectivity index (χ3n) is 3.11. The van der Waals surface area contributed by atoms with Crippen LogP contribution in [0, 0.1) is 13.8 Å². The zero-order valence-corrected chi connectivity index (χ0v) is 9.70. The van der Waals surface area contributed by atoms with Gasteiger partial charge in [0.25, 0.3) is 0 Å². The van der Waals surface area contributed by atoms with Gasteiger partial charge in [-0.2, -0.15) is 5.10 Å². The highest BCUT2D eigenvalue weighted by Gasteiger charge is 2.21. The largest absolute Gasteiger partial charge is 0.454 e. The zero-order chi connectivity index (χ0) is 12.0. The first-order chi connectivity index (χ1) is 8.16. The first-order valence-electron chi connectivity index (χ1n) is 5.38. The highest BCUT2D eigenvalue weighted by atomic mass is 16.7. The Balaban J connectivity index is 2.21. The summed E-state index contributed by atoms with van der Waals surface area (Å²) in [6.07, 6.45) is 0. The first-order valence-corrected chi connectivity index (χ1v) is 5.38. The molecule has 2 aromatic rings. The second-order valence-corrected chi connectivity index (χ2v) is 4.11. The van der Waals surface area contributed by atoms with Gasteiger partial charge in [-0.1, -0.05) is 0 Å². The topological polar surface area (TPSA) is 73.2 Å². The normalized spacial score (nSPS) is 13.1. The quantitative estimate of drug-likeness (QED) is 0.787. The molecule has 0 atom stereocenters. The van der Waals surface area contributed by atoms with Crippen molar-refractivity contribution < 1.29 is 9.47 Å². The van der Waals surface area contributed by atoms with Crippen LogP contribution in [0.2, 0.25) is 0 Å². The number of fused-ring (bicyclic) bond motifs is 1. The van der Waals surface area contributed by atoms with E-state index in [9.17, 15) is 0 Å². The maximum absolute atomic E-state index is 5.62. The molecule has 0 saturated heterocycles. The molecule has 1 aromatic carbocycles. The van der Waals surface area contributed by atoms with Crippen molar-refractivity contribution in [3.8, 4) is 22.8 Å². The Bertz CT molecular complexity index is 590. The van der Waals surface area contributed by atoms with Crippen LogP contribution in [0.1, 0.15) is 11.1 Å². The van der Waals surface area contributed by atoms with E-state index in [0.717, 1.165) is 33.9 Å². The van der Waals surface area contributed by atoms with E-state index in [0.29, 0.717) is 5.82 Å². The van der Waals surface area contributed by atoms with E-state index >= 15 is 0 Å². The lowest BCUT2D eigenvalue weighted by molar-refractivity contribution is 0.173. The number of nitrogens with zero attached hydrogens (tertiary/aromatic N) is 1. The molecule has 0 aliphatic carbocycles. The van der Waals surface area contributed by atoms with Gasteiger partial charge in [-0.3, -0.25) is 5.10 Å². The second kappa shape index (κ2) is 3.41. The summed E-state index contributed by atoms with van der Waals surface area (Å²) in [5.74, 6) is 2.09. The van der Waals surface area contributed by atoms with Crippen molar-refractivity contribution >= 4 is 5.82 Å². The van der Waals surface area contributed by atoms with E-state index < -0.39 is 0 Å². The number of H-pyrrole nitrogens is 1. The van der Waals surface area contributed by atoms with Crippen molar-refractivity contribution in [2.24, 2.45) is 0 Å². The van der Waals surface area contributed by atoms with Crippen molar-refractivity contribution in [3.05, 3.63) is 23.3 Å². The van der Waals surface area contributed by atoms with Crippen molar-refractivity contribution in [2.75, 3.05) is 12.5 Å². The molecule has 5 nitrogen and oxygen atoms in total. The Morgan fingerprint density at radius 2 is 2.06 bits per heavy atom. The number of rotatable bonds is 1.